The highest BCUT2D eigenvalue weighted by atomic mass is 32.1. The van der Waals surface area contributed by atoms with Crippen molar-refractivity contribution in [1.29, 1.82) is 0 Å². The highest BCUT2D eigenvalue weighted by molar-refractivity contribution is 7.10. The van der Waals surface area contributed by atoms with Crippen LogP contribution in [0.4, 0.5) is 5.95 Å². The molecular formula is C24H32N5O4S+. The van der Waals surface area contributed by atoms with Gasteiger partial charge in [-0.25, -0.2) is 19.7 Å². The zero-order valence-corrected chi connectivity index (χ0v) is 20.1. The first-order chi connectivity index (χ1) is 16.5. The lowest BCUT2D eigenvalue weighted by atomic mass is 9.75. The zero-order chi connectivity index (χ0) is 23.6. The normalized spacial score (nSPS) is 28.7. The average molecular weight is 487 g/mol. The summed E-state index contributed by atoms with van der Waals surface area (Å²) in [5.74, 6) is -0.291. The predicted octanol–water partition coefficient (Wildman–Crippen LogP) is 2.49. The van der Waals surface area contributed by atoms with Gasteiger partial charge in [-0.15, -0.1) is 11.3 Å². The van der Waals surface area contributed by atoms with Crippen LogP contribution in [0.15, 0.2) is 30.2 Å². The fourth-order valence-electron chi connectivity index (χ4n) is 6.06. The third-order valence-electron chi connectivity index (χ3n) is 7.93. The third kappa shape index (κ3) is 4.58. The molecule has 0 aromatic carbocycles. The number of aliphatic hydroxyl groups is 1. The van der Waals surface area contributed by atoms with Crippen molar-refractivity contribution < 1.29 is 23.9 Å². The van der Waals surface area contributed by atoms with Crippen molar-refractivity contribution in [2.75, 3.05) is 31.5 Å². The van der Waals surface area contributed by atoms with Gasteiger partial charge in [0.2, 0.25) is 5.95 Å². The van der Waals surface area contributed by atoms with E-state index in [9.17, 15) is 14.7 Å². The molecule has 2 aromatic heterocycles. The average Bonchev–Trinajstić information content (AvgIpc) is 3.40. The van der Waals surface area contributed by atoms with E-state index < -0.39 is 11.6 Å². The van der Waals surface area contributed by atoms with Gasteiger partial charge >= 0.3 is 5.97 Å². The minimum absolute atomic E-state index is 0.122. The Morgan fingerprint density at radius 2 is 1.88 bits per heavy atom. The van der Waals surface area contributed by atoms with E-state index in [-0.39, 0.29) is 36.3 Å². The molecule has 2 aromatic rings. The fourth-order valence-corrected chi connectivity index (χ4v) is 6.95. The Balaban J connectivity index is 1.29. The van der Waals surface area contributed by atoms with Crippen molar-refractivity contribution in [3.8, 4) is 0 Å². The lowest BCUT2D eigenvalue weighted by molar-refractivity contribution is -0.939. The summed E-state index contributed by atoms with van der Waals surface area (Å²) in [6.45, 7) is 2.62. The predicted molar refractivity (Wildman–Crippen MR) is 126 cm³/mol. The van der Waals surface area contributed by atoms with E-state index >= 15 is 0 Å². The smallest absolute Gasteiger partial charge is 0.344 e. The van der Waals surface area contributed by atoms with Crippen molar-refractivity contribution >= 4 is 29.2 Å². The molecule has 2 N–H and O–H groups in total. The molecule has 182 valence electrons. The van der Waals surface area contributed by atoms with Gasteiger partial charge in [-0.05, 0) is 24.3 Å². The standard InChI is InChI=1S/C24H31N5O4S/c30-21(28-23-26-15-25-16-27-23)14-29-10-8-17(9-11-29)19(13-29)33-22(31)24(32,20-7-4-12-34-20)18-5-2-1-3-6-18/h4,7,12,15-19,32H,1-3,5-6,8-11,13-14H2/p+1/t17?,19-,24?,29?/m0/s1. The van der Waals surface area contributed by atoms with Crippen LogP contribution in [0.25, 0.3) is 0 Å². The summed E-state index contributed by atoms with van der Waals surface area (Å²) in [6, 6.07) is 3.72. The summed E-state index contributed by atoms with van der Waals surface area (Å²) in [4.78, 5) is 38.7. The SMILES string of the molecule is O=C(C[N+]12CCC(CC1)[C@@H](OC(=O)C(O)(c1cccs1)C1CCCCC1)C2)Nc1ncncn1. The molecule has 10 heteroatoms. The van der Waals surface area contributed by atoms with Gasteiger partial charge in [-0.3, -0.25) is 10.1 Å². The summed E-state index contributed by atoms with van der Waals surface area (Å²) in [7, 11) is 0. The summed E-state index contributed by atoms with van der Waals surface area (Å²) >= 11 is 1.41. The van der Waals surface area contributed by atoms with Gasteiger partial charge in [0, 0.05) is 29.6 Å². The topological polar surface area (TPSA) is 114 Å². The molecule has 3 saturated heterocycles. The van der Waals surface area contributed by atoms with Gasteiger partial charge in [0.05, 0.1) is 13.1 Å². The van der Waals surface area contributed by atoms with Crippen LogP contribution in [0.2, 0.25) is 0 Å². The molecule has 4 fully saturated rings. The minimum Gasteiger partial charge on any atom is -0.454 e. The summed E-state index contributed by atoms with van der Waals surface area (Å²) < 4.78 is 6.71. The number of carbonyl (C=O) groups is 2. The first-order valence-electron chi connectivity index (χ1n) is 12.2. The van der Waals surface area contributed by atoms with Gasteiger partial charge in [-0.1, -0.05) is 25.3 Å². The number of rotatable bonds is 7. The zero-order valence-electron chi connectivity index (χ0n) is 19.3. The molecule has 1 aliphatic carbocycles. The van der Waals surface area contributed by atoms with Crippen LogP contribution >= 0.6 is 11.3 Å². The Morgan fingerprint density at radius 3 is 2.56 bits per heavy atom. The number of hydrogen-bond acceptors (Lipinski definition) is 8. The quantitative estimate of drug-likeness (QED) is 0.456. The lowest BCUT2D eigenvalue weighted by Gasteiger charge is -2.52. The second kappa shape index (κ2) is 9.67. The van der Waals surface area contributed by atoms with E-state index in [0.29, 0.717) is 15.9 Å². The number of hydrogen-bond donors (Lipinski definition) is 2. The number of nitrogens with zero attached hydrogens (tertiary/aromatic N) is 4. The lowest BCUT2D eigenvalue weighted by Crippen LogP contribution is -2.66. The molecule has 2 atom stereocenters. The van der Waals surface area contributed by atoms with Crippen LogP contribution in [-0.2, 0) is 19.9 Å². The minimum atomic E-state index is -1.60. The van der Waals surface area contributed by atoms with Gasteiger partial charge in [0.1, 0.15) is 19.2 Å². The maximum Gasteiger partial charge on any atom is 0.344 e. The summed E-state index contributed by atoms with van der Waals surface area (Å²) in [6.07, 6.45) is 9.04. The largest absolute Gasteiger partial charge is 0.454 e. The molecule has 4 aliphatic rings. The van der Waals surface area contributed by atoms with Crippen LogP contribution < -0.4 is 5.32 Å². The number of amides is 1. The van der Waals surface area contributed by atoms with Crippen molar-refractivity contribution in [3.05, 3.63) is 35.0 Å². The van der Waals surface area contributed by atoms with Crippen molar-refractivity contribution in [2.45, 2.75) is 56.7 Å². The highest BCUT2D eigenvalue weighted by Gasteiger charge is 2.53. The van der Waals surface area contributed by atoms with E-state index in [0.717, 1.165) is 58.0 Å². The molecule has 2 bridgehead atoms. The molecule has 1 unspecified atom stereocenters. The molecular weight excluding hydrogens is 454 g/mol. The number of piperidine rings is 3. The second-order valence-corrected chi connectivity index (χ2v) is 10.9. The van der Waals surface area contributed by atoms with Crippen molar-refractivity contribution in [3.63, 3.8) is 0 Å². The van der Waals surface area contributed by atoms with E-state index in [1.807, 2.05) is 17.5 Å². The van der Waals surface area contributed by atoms with Crippen LogP contribution in [0, 0.1) is 11.8 Å². The Kier molecular flexibility index (Phi) is 6.63. The number of nitrogens with one attached hydrogen (secondary N) is 1. The van der Waals surface area contributed by atoms with Gasteiger partial charge < -0.3 is 14.3 Å². The van der Waals surface area contributed by atoms with Crippen LogP contribution in [0.5, 0.6) is 0 Å². The first-order valence-corrected chi connectivity index (χ1v) is 13.1. The number of ether oxygens (including phenoxy) is 1. The number of aromatic nitrogens is 3. The monoisotopic (exact) mass is 486 g/mol. The number of anilines is 1. The van der Waals surface area contributed by atoms with Crippen LogP contribution in [0.3, 0.4) is 0 Å². The number of carbonyl (C=O) groups excluding carboxylic acids is 2. The number of quaternary nitrogens is 1. The first kappa shape index (κ1) is 23.3. The maximum absolute atomic E-state index is 13.6. The highest BCUT2D eigenvalue weighted by Crippen LogP contribution is 2.43. The summed E-state index contributed by atoms with van der Waals surface area (Å²) in [5, 5.41) is 16.4. The van der Waals surface area contributed by atoms with Gasteiger partial charge in [0.15, 0.2) is 18.2 Å². The van der Waals surface area contributed by atoms with Gasteiger partial charge in [-0.2, -0.15) is 0 Å². The molecule has 5 heterocycles. The van der Waals surface area contributed by atoms with Crippen molar-refractivity contribution in [2.24, 2.45) is 11.8 Å². The molecule has 9 nitrogen and oxygen atoms in total. The molecule has 1 saturated carbocycles. The molecule has 0 radical (unpaired) electrons. The summed E-state index contributed by atoms with van der Waals surface area (Å²) in [5.41, 5.74) is -1.60. The van der Waals surface area contributed by atoms with Crippen LogP contribution in [-0.4, -0.2) is 68.7 Å². The molecule has 6 rings (SSSR count). The van der Waals surface area contributed by atoms with Crippen LogP contribution in [0.1, 0.15) is 49.8 Å². The fraction of sp³-hybridized carbons (Fsp3) is 0.625. The Hall–Kier alpha value is -2.43. The van der Waals surface area contributed by atoms with E-state index in [1.165, 1.54) is 24.0 Å². The van der Waals surface area contributed by atoms with Crippen molar-refractivity contribution in [1.82, 2.24) is 15.0 Å². The number of thiophene rings is 1. The Bertz CT molecular complexity index is 990. The second-order valence-electron chi connectivity index (χ2n) is 10.00. The molecule has 3 aliphatic heterocycles. The number of fused-ring (bicyclic) bond motifs is 3. The Labute approximate surface area is 203 Å². The van der Waals surface area contributed by atoms with Gasteiger partial charge in [0.25, 0.3) is 5.91 Å². The van der Waals surface area contributed by atoms with E-state index in [2.05, 4.69) is 20.3 Å². The number of esters is 1. The Morgan fingerprint density at radius 1 is 1.15 bits per heavy atom. The molecule has 34 heavy (non-hydrogen) atoms. The van der Waals surface area contributed by atoms with E-state index in [1.54, 1.807) is 0 Å². The maximum atomic E-state index is 13.6. The molecule has 0 spiro atoms. The third-order valence-corrected chi connectivity index (χ3v) is 8.92. The molecule has 1 amide bonds. The van der Waals surface area contributed by atoms with E-state index in [4.69, 9.17) is 4.74 Å².